The number of thiocarbonyl (C=S) groups is 1. The number of halogens is 1. The van der Waals surface area contributed by atoms with Gasteiger partial charge in [0, 0.05) is 3.57 Å². The molecule has 0 aliphatic carbocycles. The minimum absolute atomic E-state index is 0.0594. The summed E-state index contributed by atoms with van der Waals surface area (Å²) < 4.78 is 0.867. The third kappa shape index (κ3) is 3.63. The first-order valence-electron chi connectivity index (χ1n) is 4.05. The van der Waals surface area contributed by atoms with Crippen molar-refractivity contribution in [3.63, 3.8) is 0 Å². The van der Waals surface area contributed by atoms with E-state index in [0.717, 1.165) is 3.57 Å². The Balaban J connectivity index is 2.81. The Morgan fingerprint density at radius 1 is 1.60 bits per heavy atom. The lowest BCUT2D eigenvalue weighted by Gasteiger charge is -2.06. The number of rotatable bonds is 3. The number of benzene rings is 1. The van der Waals surface area contributed by atoms with Gasteiger partial charge in [0.1, 0.15) is 5.75 Å². The molecule has 0 aliphatic heterocycles. The maximum atomic E-state index is 11.5. The van der Waals surface area contributed by atoms with Crippen LogP contribution in [0.1, 0.15) is 10.4 Å². The van der Waals surface area contributed by atoms with Crippen molar-refractivity contribution in [1.82, 2.24) is 5.32 Å². The molecule has 4 N–H and O–H groups in total. The molecule has 0 bridgehead atoms. The van der Waals surface area contributed by atoms with Gasteiger partial charge < -0.3 is 16.2 Å². The number of carbonyl (C=O) groups excluding carboxylic acids is 1. The first kappa shape index (κ1) is 12.2. The number of phenols is 1. The van der Waals surface area contributed by atoms with E-state index in [1.165, 1.54) is 6.07 Å². The summed E-state index contributed by atoms with van der Waals surface area (Å²) in [7, 11) is 0. The SMILES string of the molecule is NC(=S)CNC(=O)c1cc(I)ccc1O. The molecule has 0 saturated heterocycles. The van der Waals surface area contributed by atoms with E-state index in [0.29, 0.717) is 0 Å². The van der Waals surface area contributed by atoms with Crippen LogP contribution in [0.15, 0.2) is 18.2 Å². The number of hydrogen-bond acceptors (Lipinski definition) is 3. The summed E-state index contributed by atoms with van der Waals surface area (Å²) in [6.07, 6.45) is 0. The van der Waals surface area contributed by atoms with Crippen molar-refractivity contribution in [2.24, 2.45) is 5.73 Å². The van der Waals surface area contributed by atoms with Gasteiger partial charge in [-0.1, -0.05) is 12.2 Å². The maximum Gasteiger partial charge on any atom is 0.255 e. The van der Waals surface area contributed by atoms with Crippen molar-refractivity contribution in [3.05, 3.63) is 27.3 Å². The van der Waals surface area contributed by atoms with Crippen LogP contribution in [0.2, 0.25) is 0 Å². The molecule has 1 aromatic rings. The molecule has 80 valence electrons. The van der Waals surface area contributed by atoms with E-state index in [1.54, 1.807) is 12.1 Å². The fraction of sp³-hybridized carbons (Fsp3) is 0.111. The average molecular weight is 336 g/mol. The lowest BCUT2D eigenvalue weighted by atomic mass is 10.2. The number of nitrogens with two attached hydrogens (primary N) is 1. The van der Waals surface area contributed by atoms with Crippen molar-refractivity contribution in [2.45, 2.75) is 0 Å². The molecule has 0 aliphatic rings. The zero-order valence-electron chi connectivity index (χ0n) is 7.66. The number of amides is 1. The first-order chi connectivity index (χ1) is 7.00. The maximum absolute atomic E-state index is 11.5. The van der Waals surface area contributed by atoms with Crippen LogP contribution in [0.4, 0.5) is 0 Å². The second-order valence-corrected chi connectivity index (χ2v) is 4.58. The molecule has 0 aromatic heterocycles. The molecule has 0 unspecified atom stereocenters. The molecule has 15 heavy (non-hydrogen) atoms. The molecule has 0 radical (unpaired) electrons. The highest BCUT2D eigenvalue weighted by Gasteiger charge is 2.10. The van der Waals surface area contributed by atoms with Crippen LogP contribution >= 0.6 is 34.8 Å². The quantitative estimate of drug-likeness (QED) is 0.569. The van der Waals surface area contributed by atoms with Crippen molar-refractivity contribution >= 4 is 45.7 Å². The summed E-state index contributed by atoms with van der Waals surface area (Å²) in [5.74, 6) is -0.449. The lowest BCUT2D eigenvalue weighted by molar-refractivity contribution is 0.0956. The van der Waals surface area contributed by atoms with Crippen molar-refractivity contribution in [1.29, 1.82) is 0 Å². The fourth-order valence-electron chi connectivity index (χ4n) is 0.953. The molecular weight excluding hydrogens is 327 g/mol. The summed E-state index contributed by atoms with van der Waals surface area (Å²) in [5, 5.41) is 11.9. The zero-order chi connectivity index (χ0) is 11.4. The third-order valence-corrected chi connectivity index (χ3v) is 2.44. The normalized spacial score (nSPS) is 9.67. The molecule has 0 heterocycles. The molecule has 6 heteroatoms. The topological polar surface area (TPSA) is 75.3 Å². The number of carbonyl (C=O) groups is 1. The Kier molecular flexibility index (Phi) is 4.28. The molecule has 1 rings (SSSR count). The fourth-order valence-corrected chi connectivity index (χ4v) is 1.52. The first-order valence-corrected chi connectivity index (χ1v) is 5.54. The largest absolute Gasteiger partial charge is 0.507 e. The van der Waals surface area contributed by atoms with Crippen LogP contribution in [-0.2, 0) is 0 Å². The van der Waals surface area contributed by atoms with Crippen LogP contribution in [0.25, 0.3) is 0 Å². The van der Waals surface area contributed by atoms with Gasteiger partial charge in [-0.3, -0.25) is 4.79 Å². The van der Waals surface area contributed by atoms with Gasteiger partial charge in [-0.15, -0.1) is 0 Å². The smallest absolute Gasteiger partial charge is 0.255 e. The second kappa shape index (κ2) is 5.26. The van der Waals surface area contributed by atoms with E-state index in [2.05, 4.69) is 40.1 Å². The van der Waals surface area contributed by atoms with Crippen LogP contribution in [0, 0.1) is 3.57 Å². The zero-order valence-corrected chi connectivity index (χ0v) is 10.6. The van der Waals surface area contributed by atoms with Gasteiger partial charge in [0.05, 0.1) is 17.1 Å². The van der Waals surface area contributed by atoms with E-state index < -0.39 is 0 Å². The number of aromatic hydroxyl groups is 1. The monoisotopic (exact) mass is 336 g/mol. The lowest BCUT2D eigenvalue weighted by Crippen LogP contribution is -2.32. The van der Waals surface area contributed by atoms with Crippen LogP contribution in [-0.4, -0.2) is 22.5 Å². The molecule has 0 atom stereocenters. The van der Waals surface area contributed by atoms with Gasteiger partial charge in [-0.2, -0.15) is 0 Å². The molecule has 0 spiro atoms. The molecule has 1 aromatic carbocycles. The minimum atomic E-state index is -0.390. The van der Waals surface area contributed by atoms with E-state index >= 15 is 0 Å². The Bertz CT molecular complexity index is 409. The van der Waals surface area contributed by atoms with E-state index in [-0.39, 0.29) is 28.8 Å². The highest BCUT2D eigenvalue weighted by Crippen LogP contribution is 2.19. The van der Waals surface area contributed by atoms with Gasteiger partial charge in [-0.25, -0.2) is 0 Å². The van der Waals surface area contributed by atoms with Crippen molar-refractivity contribution in [2.75, 3.05) is 6.54 Å². The summed E-state index contributed by atoms with van der Waals surface area (Å²) in [6.45, 7) is 0.124. The van der Waals surface area contributed by atoms with E-state index in [4.69, 9.17) is 5.73 Å². The van der Waals surface area contributed by atoms with E-state index in [1.807, 2.05) is 0 Å². The summed E-state index contributed by atoms with van der Waals surface area (Å²) in [4.78, 5) is 11.7. The highest BCUT2D eigenvalue weighted by molar-refractivity contribution is 14.1. The minimum Gasteiger partial charge on any atom is -0.507 e. The number of nitrogens with one attached hydrogen (secondary N) is 1. The van der Waals surface area contributed by atoms with Gasteiger partial charge in [0.2, 0.25) is 0 Å². The van der Waals surface area contributed by atoms with Crippen LogP contribution in [0.5, 0.6) is 5.75 Å². The summed E-state index contributed by atoms with van der Waals surface area (Å²) in [6, 6.07) is 4.77. The van der Waals surface area contributed by atoms with Gasteiger partial charge >= 0.3 is 0 Å². The van der Waals surface area contributed by atoms with E-state index in [9.17, 15) is 9.90 Å². The molecule has 1 amide bonds. The standard InChI is InChI=1S/C9H9IN2O2S/c10-5-1-2-7(13)6(3-5)9(14)12-4-8(11)15/h1-3,13H,4H2,(H2,11,15)(H,12,14). The van der Waals surface area contributed by atoms with Gasteiger partial charge in [0.15, 0.2) is 0 Å². The van der Waals surface area contributed by atoms with Crippen LogP contribution < -0.4 is 11.1 Å². The molecule has 4 nitrogen and oxygen atoms in total. The third-order valence-electron chi connectivity index (χ3n) is 1.63. The Morgan fingerprint density at radius 3 is 2.87 bits per heavy atom. The Labute approximate surface area is 106 Å². The Hall–Kier alpha value is -0.890. The van der Waals surface area contributed by atoms with Crippen molar-refractivity contribution < 1.29 is 9.90 Å². The predicted octanol–water partition coefficient (Wildman–Crippen LogP) is 1.01. The number of phenolic OH excluding ortho intramolecular Hbond substituents is 1. The van der Waals surface area contributed by atoms with Crippen molar-refractivity contribution in [3.8, 4) is 5.75 Å². The molecule has 0 saturated carbocycles. The molecule has 0 fully saturated rings. The van der Waals surface area contributed by atoms with Gasteiger partial charge in [-0.05, 0) is 40.8 Å². The summed E-state index contributed by atoms with van der Waals surface area (Å²) >= 11 is 6.68. The number of hydrogen-bond donors (Lipinski definition) is 3. The van der Waals surface area contributed by atoms with Crippen LogP contribution in [0.3, 0.4) is 0 Å². The summed E-state index contributed by atoms with van der Waals surface area (Å²) in [5.41, 5.74) is 5.46. The predicted molar refractivity (Wildman–Crippen MR) is 69.9 cm³/mol. The van der Waals surface area contributed by atoms with Gasteiger partial charge in [0.25, 0.3) is 5.91 Å². The second-order valence-electron chi connectivity index (χ2n) is 2.81. The Morgan fingerprint density at radius 2 is 2.27 bits per heavy atom. The average Bonchev–Trinajstić information content (AvgIpc) is 2.18. The highest BCUT2D eigenvalue weighted by atomic mass is 127. The molecular formula is C9H9IN2O2S.